The lowest BCUT2D eigenvalue weighted by atomic mass is 9.81. The highest BCUT2D eigenvalue weighted by atomic mass is 32.1. The zero-order chi connectivity index (χ0) is 58.8. The van der Waals surface area contributed by atoms with Gasteiger partial charge < -0.3 is 14.0 Å². The summed E-state index contributed by atoms with van der Waals surface area (Å²) < 4.78 is 10.4. The molecule has 0 fully saturated rings. The van der Waals surface area contributed by atoms with Crippen LogP contribution in [0.4, 0.5) is 17.1 Å². The normalized spacial score (nSPS) is 13.3. The minimum Gasteiger partial charge on any atom is -0.310 e. The number of benzene rings is 15. The van der Waals surface area contributed by atoms with Crippen molar-refractivity contribution in [3.05, 3.63) is 284 Å². The summed E-state index contributed by atoms with van der Waals surface area (Å²) in [5.41, 5.74) is 21.9. The van der Waals surface area contributed by atoms with Gasteiger partial charge in [0, 0.05) is 101 Å². The smallest absolute Gasteiger partial charge is 0.0548 e. The van der Waals surface area contributed by atoms with Crippen LogP contribution in [-0.4, -0.2) is 9.13 Å². The van der Waals surface area contributed by atoms with Crippen LogP contribution in [0.2, 0.25) is 0 Å². The number of hydrogen-bond donors (Lipinski definition) is 0. The number of hydrogen-bond acceptors (Lipinski definition) is 3. The second kappa shape index (κ2) is 17.7. The van der Waals surface area contributed by atoms with Gasteiger partial charge in [-0.2, -0.15) is 0 Å². The van der Waals surface area contributed by atoms with E-state index in [-0.39, 0.29) is 5.41 Å². The van der Waals surface area contributed by atoms with Crippen molar-refractivity contribution in [2.75, 3.05) is 4.90 Å². The maximum absolute atomic E-state index is 2.51. The van der Waals surface area contributed by atoms with Crippen molar-refractivity contribution < 1.29 is 0 Å². The second-order valence-corrected chi connectivity index (χ2v) is 27.6. The average molecular weight is 1180 g/mol. The van der Waals surface area contributed by atoms with E-state index in [2.05, 4.69) is 301 Å². The summed E-state index contributed by atoms with van der Waals surface area (Å²) in [6, 6.07) is 102. The molecule has 0 bridgehead atoms. The first-order chi connectivity index (χ1) is 44.4. The summed E-state index contributed by atoms with van der Waals surface area (Å²) >= 11 is 3.79. The summed E-state index contributed by atoms with van der Waals surface area (Å²) in [4.78, 5) is 2.39. The molecular weight excluding hydrogens is 1130 g/mol. The molecule has 0 radical (unpaired) electrons. The van der Waals surface area contributed by atoms with Crippen molar-refractivity contribution in [2.45, 2.75) is 19.3 Å². The van der Waals surface area contributed by atoms with E-state index in [0.29, 0.717) is 0 Å². The molecule has 0 saturated carbocycles. The molecule has 3 nitrogen and oxygen atoms in total. The van der Waals surface area contributed by atoms with Crippen molar-refractivity contribution in [3.63, 3.8) is 0 Å². The fraction of sp³-hybridized carbons (Fsp3) is 0.0353. The van der Waals surface area contributed by atoms with Gasteiger partial charge in [-0.3, -0.25) is 0 Å². The van der Waals surface area contributed by atoms with Gasteiger partial charge in [-0.25, -0.2) is 0 Å². The predicted octanol–water partition coefficient (Wildman–Crippen LogP) is 24.7. The molecule has 0 N–H and O–H groups in total. The predicted molar refractivity (Wildman–Crippen MR) is 388 cm³/mol. The van der Waals surface area contributed by atoms with E-state index in [1.54, 1.807) is 0 Å². The maximum Gasteiger partial charge on any atom is 0.0548 e. The van der Waals surface area contributed by atoms with Crippen LogP contribution in [0, 0.1) is 0 Å². The Morgan fingerprint density at radius 1 is 0.278 bits per heavy atom. The van der Waals surface area contributed by atoms with Crippen molar-refractivity contribution in [1.82, 2.24) is 9.13 Å². The summed E-state index contributed by atoms with van der Waals surface area (Å²) in [5.74, 6) is 0. The fourth-order valence-corrected chi connectivity index (χ4v) is 19.0. The Labute approximate surface area is 525 Å². The molecule has 4 heterocycles. The molecule has 0 spiro atoms. The van der Waals surface area contributed by atoms with E-state index in [4.69, 9.17) is 0 Å². The zero-order valence-electron chi connectivity index (χ0n) is 49.1. The van der Waals surface area contributed by atoms with E-state index in [1.807, 2.05) is 22.7 Å². The molecule has 0 unspecified atom stereocenters. The standard InChI is InChI=1S/C48H28N2S.C37H23NS/c1-2-10-32(11-3-1)49(35-23-24-37-31(27-35)20-19-29-9-4-5-14-36(29)37)33-12-6-13-34(28-33)50-40-17-7-15-38-39-16-8-18-42-46(39)48-43(51-42)26-22-30-21-25-41(50)47(44(30)48)45(38)40;1-37(2)26-10-5-8-23-24-9-6-11-28-34(24)36-29(17-14-20-13-16-27(37)35(32(20)36)33(23)26)38(28)21-15-18-31-25(19-21)22-7-3-4-12-30(22)39-31/h1-28H;3-19H,1-2H3. The van der Waals surface area contributed by atoms with E-state index in [1.165, 1.54) is 177 Å². The van der Waals surface area contributed by atoms with Crippen molar-refractivity contribution >= 4 is 167 Å². The van der Waals surface area contributed by atoms with Crippen LogP contribution in [0.25, 0.3) is 172 Å². The molecular formula is C85H51N3S2. The van der Waals surface area contributed by atoms with Gasteiger partial charge in [0.05, 0.1) is 22.1 Å². The van der Waals surface area contributed by atoms with Crippen LogP contribution < -0.4 is 4.90 Å². The van der Waals surface area contributed by atoms with Gasteiger partial charge in [-0.15, -0.1) is 22.7 Å². The van der Waals surface area contributed by atoms with Crippen LogP contribution in [0.5, 0.6) is 0 Å². The van der Waals surface area contributed by atoms with E-state index in [0.717, 1.165) is 22.7 Å². The topological polar surface area (TPSA) is 13.1 Å². The van der Waals surface area contributed by atoms with Gasteiger partial charge in [0.1, 0.15) is 0 Å². The molecule has 22 rings (SSSR count). The molecule has 0 amide bonds. The molecule has 19 aromatic rings. The summed E-state index contributed by atoms with van der Waals surface area (Å²) in [7, 11) is 0. The maximum atomic E-state index is 2.51. The van der Waals surface area contributed by atoms with E-state index >= 15 is 0 Å². The Morgan fingerprint density at radius 2 is 0.811 bits per heavy atom. The number of anilines is 3. The van der Waals surface area contributed by atoms with Crippen LogP contribution in [0.15, 0.2) is 273 Å². The minimum atomic E-state index is -0.0178. The van der Waals surface area contributed by atoms with Gasteiger partial charge in [0.25, 0.3) is 0 Å². The quantitative estimate of drug-likeness (QED) is 0.157. The lowest BCUT2D eigenvalue weighted by Crippen LogP contribution is -2.14. The highest BCUT2D eigenvalue weighted by molar-refractivity contribution is 7.26. The first-order valence-electron chi connectivity index (χ1n) is 31.2. The molecule has 3 aliphatic rings. The van der Waals surface area contributed by atoms with E-state index < -0.39 is 0 Å². The highest BCUT2D eigenvalue weighted by Gasteiger charge is 2.40. The Bertz CT molecular complexity index is 6450. The molecule has 418 valence electrons. The number of thiophene rings is 2. The zero-order valence-corrected chi connectivity index (χ0v) is 50.8. The Balaban J connectivity index is 0.000000127. The number of fused-ring (bicyclic) bond motifs is 8. The highest BCUT2D eigenvalue weighted by Crippen LogP contribution is 2.60. The van der Waals surface area contributed by atoms with Crippen molar-refractivity contribution in [2.24, 2.45) is 0 Å². The molecule has 0 saturated heterocycles. The van der Waals surface area contributed by atoms with E-state index in [9.17, 15) is 0 Å². The van der Waals surface area contributed by atoms with Crippen LogP contribution in [-0.2, 0) is 5.41 Å². The van der Waals surface area contributed by atoms with Gasteiger partial charge in [-0.05, 0) is 185 Å². The SMILES string of the molecule is CC1(C)c2cccc3c2-c2c1ccc1ccc4c(c21)c1c-3cccc1n4-c1ccc2sc3ccccc3c2c1.c1ccc(N(c2cccc(-n3c4cccc5c4c4c6c(ccc7sc8cccc-5c8c76)ccc43)c2)c2ccc3c(ccc4ccccc43)c2)cc1. The molecule has 3 aliphatic carbocycles. The molecule has 0 aliphatic heterocycles. The van der Waals surface area contributed by atoms with Gasteiger partial charge in [0.2, 0.25) is 0 Å². The molecule has 15 aromatic carbocycles. The van der Waals surface area contributed by atoms with Crippen molar-refractivity contribution in [3.8, 4) is 44.8 Å². The largest absolute Gasteiger partial charge is 0.310 e. The number of aromatic nitrogens is 2. The lowest BCUT2D eigenvalue weighted by Gasteiger charge is -2.26. The number of rotatable bonds is 5. The third-order valence-corrected chi connectivity index (χ3v) is 22.8. The summed E-state index contributed by atoms with van der Waals surface area (Å²) in [5, 5.41) is 21.4. The first-order valence-corrected chi connectivity index (χ1v) is 32.9. The number of para-hydroxylation sites is 1. The first kappa shape index (κ1) is 49.2. The molecule has 5 heteroatoms. The Morgan fingerprint density at radius 3 is 1.64 bits per heavy atom. The van der Waals surface area contributed by atoms with Crippen LogP contribution in [0.1, 0.15) is 25.0 Å². The molecule has 90 heavy (non-hydrogen) atoms. The fourth-order valence-electron chi connectivity index (χ4n) is 16.7. The van der Waals surface area contributed by atoms with Gasteiger partial charge >= 0.3 is 0 Å². The Kier molecular flexibility index (Phi) is 9.68. The third kappa shape index (κ3) is 6.42. The summed E-state index contributed by atoms with van der Waals surface area (Å²) in [6.45, 7) is 4.78. The monoisotopic (exact) mass is 1180 g/mol. The van der Waals surface area contributed by atoms with Gasteiger partial charge in [0.15, 0.2) is 0 Å². The summed E-state index contributed by atoms with van der Waals surface area (Å²) in [6.07, 6.45) is 0. The minimum absolute atomic E-state index is 0.0178. The second-order valence-electron chi connectivity index (χ2n) is 25.4. The lowest BCUT2D eigenvalue weighted by molar-refractivity contribution is 0.661. The average Bonchev–Trinajstić information content (AvgIpc) is 1.54. The Hall–Kier alpha value is -10.8. The van der Waals surface area contributed by atoms with Crippen LogP contribution >= 0.6 is 22.7 Å². The van der Waals surface area contributed by atoms with Crippen LogP contribution in [0.3, 0.4) is 0 Å². The number of nitrogens with zero attached hydrogens (tertiary/aromatic N) is 3. The third-order valence-electron chi connectivity index (χ3n) is 20.5. The molecule has 0 atom stereocenters. The van der Waals surface area contributed by atoms with Gasteiger partial charge in [-0.1, -0.05) is 184 Å². The molecule has 4 aromatic heterocycles. The van der Waals surface area contributed by atoms with Crippen molar-refractivity contribution in [1.29, 1.82) is 0 Å².